The molecule has 0 fully saturated rings. The van der Waals surface area contributed by atoms with Crippen molar-refractivity contribution in [3.8, 4) is 0 Å². The fourth-order valence-corrected chi connectivity index (χ4v) is 5.69. The zero-order valence-corrected chi connectivity index (χ0v) is 17.6. The first kappa shape index (κ1) is 21.6. The van der Waals surface area contributed by atoms with E-state index in [9.17, 15) is 17.4 Å². The average Bonchev–Trinajstić information content (AvgIpc) is 2.59. The lowest BCUT2D eigenvalue weighted by molar-refractivity contribution is -0.117. The molecule has 5 nitrogen and oxygen atoms in total. The van der Waals surface area contributed by atoms with Gasteiger partial charge in [0.25, 0.3) is 5.91 Å². The van der Waals surface area contributed by atoms with Crippen molar-refractivity contribution in [2.45, 2.75) is 30.9 Å². The van der Waals surface area contributed by atoms with Crippen molar-refractivity contribution in [1.82, 2.24) is 0 Å². The molecule has 0 saturated carbocycles. The van der Waals surface area contributed by atoms with Gasteiger partial charge in [-0.2, -0.15) is 4.36 Å². The highest BCUT2D eigenvalue weighted by atomic mass is 35.5. The number of sulfone groups is 1. The molecule has 0 aliphatic carbocycles. The molecule has 1 amide bonds. The third-order valence-electron chi connectivity index (χ3n) is 3.90. The van der Waals surface area contributed by atoms with Crippen molar-refractivity contribution >= 4 is 37.1 Å². The summed E-state index contributed by atoms with van der Waals surface area (Å²) in [5, 5.41) is 0.400. The Kier molecular flexibility index (Phi) is 7.19. The summed E-state index contributed by atoms with van der Waals surface area (Å²) in [6, 6.07) is 13.6. The summed E-state index contributed by atoms with van der Waals surface area (Å²) in [6.07, 6.45) is -0.300. The van der Waals surface area contributed by atoms with E-state index in [2.05, 4.69) is 4.36 Å². The van der Waals surface area contributed by atoms with Crippen LogP contribution in [0.1, 0.15) is 24.5 Å². The van der Waals surface area contributed by atoms with Crippen molar-refractivity contribution in [3.63, 3.8) is 0 Å². The first-order chi connectivity index (χ1) is 12.6. The predicted molar refractivity (Wildman–Crippen MR) is 109 cm³/mol. The maximum absolute atomic E-state index is 13.0. The van der Waals surface area contributed by atoms with Crippen LogP contribution in [0.15, 0.2) is 57.8 Å². The Bertz CT molecular complexity index is 1050. The Morgan fingerprint density at radius 2 is 1.78 bits per heavy atom. The molecule has 2 rings (SSSR count). The van der Waals surface area contributed by atoms with Gasteiger partial charge in [-0.05, 0) is 30.7 Å². The van der Waals surface area contributed by atoms with Gasteiger partial charge < -0.3 is 0 Å². The summed E-state index contributed by atoms with van der Waals surface area (Å²) in [6.45, 7) is 3.55. The molecule has 27 heavy (non-hydrogen) atoms. The first-order valence-electron chi connectivity index (χ1n) is 8.43. The van der Waals surface area contributed by atoms with E-state index in [0.717, 1.165) is 5.56 Å². The van der Waals surface area contributed by atoms with Gasteiger partial charge >= 0.3 is 0 Å². The lowest BCUT2D eigenvalue weighted by Gasteiger charge is -2.08. The summed E-state index contributed by atoms with van der Waals surface area (Å²) in [5.41, 5.74) is 1.65. The van der Waals surface area contributed by atoms with Crippen LogP contribution in [0, 0.1) is 6.92 Å². The summed E-state index contributed by atoms with van der Waals surface area (Å²) in [4.78, 5) is 12.6. The van der Waals surface area contributed by atoms with Gasteiger partial charge in [0, 0.05) is 22.1 Å². The lowest BCUT2D eigenvalue weighted by Crippen LogP contribution is -2.14. The highest BCUT2D eigenvalue weighted by Gasteiger charge is 2.17. The van der Waals surface area contributed by atoms with Gasteiger partial charge in [0.1, 0.15) is 0 Å². The summed E-state index contributed by atoms with van der Waals surface area (Å²) >= 11 is 5.92. The predicted octanol–water partition coefficient (Wildman–Crippen LogP) is 4.03. The Morgan fingerprint density at radius 1 is 1.07 bits per heavy atom. The van der Waals surface area contributed by atoms with E-state index in [1.54, 1.807) is 43.3 Å². The third-order valence-corrected chi connectivity index (χ3v) is 8.01. The number of nitrogens with zero attached hydrogens (tertiary/aromatic N) is 1. The highest BCUT2D eigenvalue weighted by molar-refractivity contribution is 7.94. The molecule has 2 aromatic carbocycles. The number of rotatable bonds is 7. The molecule has 1 atom stereocenters. The smallest absolute Gasteiger partial charge is 0.255 e. The summed E-state index contributed by atoms with van der Waals surface area (Å²) in [5.74, 6) is -1.03. The third kappa shape index (κ3) is 6.45. The molecule has 0 spiro atoms. The van der Waals surface area contributed by atoms with E-state index >= 15 is 0 Å². The van der Waals surface area contributed by atoms with Crippen LogP contribution in [0.4, 0.5) is 0 Å². The van der Waals surface area contributed by atoms with Gasteiger partial charge in [-0.3, -0.25) is 4.79 Å². The van der Waals surface area contributed by atoms with Crippen LogP contribution in [-0.4, -0.2) is 30.0 Å². The minimum atomic E-state index is -3.47. The molecule has 0 N–H and O–H groups in total. The topological polar surface area (TPSA) is 80.6 Å². The van der Waals surface area contributed by atoms with E-state index in [0.29, 0.717) is 15.5 Å². The second kappa shape index (κ2) is 8.99. The molecule has 8 heteroatoms. The quantitative estimate of drug-likeness (QED) is 0.668. The van der Waals surface area contributed by atoms with Crippen LogP contribution >= 0.6 is 11.6 Å². The Balaban J connectivity index is 2.11. The van der Waals surface area contributed by atoms with Crippen LogP contribution < -0.4 is 0 Å². The molecule has 146 valence electrons. The van der Waals surface area contributed by atoms with Crippen molar-refractivity contribution < 1.29 is 17.4 Å². The summed E-state index contributed by atoms with van der Waals surface area (Å²) in [7, 11) is -6.44. The number of hydrogen-bond acceptors (Lipinski definition) is 4. The Hall–Kier alpha value is -1.70. The fourth-order valence-electron chi connectivity index (χ4n) is 2.53. The zero-order chi connectivity index (χ0) is 20.1. The monoisotopic (exact) mass is 427 g/mol. The number of carbonyl (C=O) groups is 1. The fraction of sp³-hybridized carbons (Fsp3) is 0.316. The van der Waals surface area contributed by atoms with E-state index in [-0.39, 0.29) is 23.7 Å². The second-order valence-corrected chi connectivity index (χ2v) is 11.3. The van der Waals surface area contributed by atoms with Crippen molar-refractivity contribution in [1.29, 1.82) is 0 Å². The van der Waals surface area contributed by atoms with Crippen molar-refractivity contribution in [2.75, 3.05) is 11.5 Å². The number of aryl methyl sites for hydroxylation is 1. The largest absolute Gasteiger partial charge is 0.272 e. The molecule has 0 aliphatic heterocycles. The molecule has 2 aromatic rings. The zero-order valence-electron chi connectivity index (χ0n) is 15.2. The SMILES string of the molecule is CCS(=O)(=NC(=O)CCS(=O)(=O)Cc1cccc(C)c1)c1cccc(Cl)c1. The molecular formula is C19H22ClNO4S2. The average molecular weight is 428 g/mol. The molecule has 0 aromatic heterocycles. The van der Waals surface area contributed by atoms with Gasteiger partial charge in [0.2, 0.25) is 0 Å². The van der Waals surface area contributed by atoms with Gasteiger partial charge in [-0.25, -0.2) is 12.6 Å². The van der Waals surface area contributed by atoms with Crippen molar-refractivity contribution in [3.05, 3.63) is 64.7 Å². The molecule has 0 aliphatic rings. The number of amides is 1. The summed E-state index contributed by atoms with van der Waals surface area (Å²) < 4.78 is 41.4. The van der Waals surface area contributed by atoms with E-state index < -0.39 is 25.5 Å². The van der Waals surface area contributed by atoms with Crippen molar-refractivity contribution in [2.24, 2.45) is 4.36 Å². The van der Waals surface area contributed by atoms with Gasteiger partial charge in [-0.1, -0.05) is 54.4 Å². The first-order valence-corrected chi connectivity index (χ1v) is 12.3. The minimum absolute atomic E-state index is 0.134. The lowest BCUT2D eigenvalue weighted by atomic mass is 10.2. The highest BCUT2D eigenvalue weighted by Crippen LogP contribution is 2.19. The molecule has 0 heterocycles. The van der Waals surface area contributed by atoms with E-state index in [1.807, 2.05) is 13.0 Å². The second-order valence-electron chi connectivity index (χ2n) is 6.20. The minimum Gasteiger partial charge on any atom is -0.272 e. The van der Waals surface area contributed by atoms with Gasteiger partial charge in [0.15, 0.2) is 9.84 Å². The molecule has 0 saturated heterocycles. The standard InChI is InChI=1S/C19H22ClNO4S2/c1-3-27(25,18-9-5-8-17(20)13-18)21-19(22)10-11-26(23,24)14-16-7-4-6-15(2)12-16/h4-9,12-13H,3,10-11,14H2,1-2H3. The number of hydrogen-bond donors (Lipinski definition) is 0. The molecule has 0 radical (unpaired) electrons. The Labute approximate surface area is 165 Å². The maximum Gasteiger partial charge on any atom is 0.255 e. The maximum atomic E-state index is 13.0. The van der Waals surface area contributed by atoms with Crippen LogP contribution in [0.3, 0.4) is 0 Å². The molecule has 0 bridgehead atoms. The number of benzene rings is 2. The van der Waals surface area contributed by atoms with E-state index in [1.165, 1.54) is 6.07 Å². The number of halogens is 1. The van der Waals surface area contributed by atoms with Crippen LogP contribution in [0.5, 0.6) is 0 Å². The van der Waals surface area contributed by atoms with Gasteiger partial charge in [0.05, 0.1) is 21.2 Å². The Morgan fingerprint density at radius 3 is 2.41 bits per heavy atom. The van der Waals surface area contributed by atoms with E-state index in [4.69, 9.17) is 11.6 Å². The van der Waals surface area contributed by atoms with Crippen LogP contribution in [0.25, 0.3) is 0 Å². The number of carbonyl (C=O) groups excluding carboxylic acids is 1. The van der Waals surface area contributed by atoms with Gasteiger partial charge in [-0.15, -0.1) is 0 Å². The molecular weight excluding hydrogens is 406 g/mol. The molecule has 1 unspecified atom stereocenters. The van der Waals surface area contributed by atoms with Crippen LogP contribution in [0.2, 0.25) is 5.02 Å². The normalized spacial score (nSPS) is 13.7. The van der Waals surface area contributed by atoms with Crippen LogP contribution in [-0.2, 0) is 30.1 Å².